The van der Waals surface area contributed by atoms with E-state index in [1.165, 1.54) is 10.9 Å². The second-order valence-corrected chi connectivity index (χ2v) is 7.03. The van der Waals surface area contributed by atoms with E-state index in [0.29, 0.717) is 6.54 Å². The van der Waals surface area contributed by atoms with Crippen molar-refractivity contribution in [3.8, 4) is 11.1 Å². The van der Waals surface area contributed by atoms with Crippen molar-refractivity contribution in [2.75, 3.05) is 5.32 Å². The largest absolute Gasteiger partial charge is 0.378 e. The normalized spacial score (nSPS) is 11.4. The van der Waals surface area contributed by atoms with E-state index in [1.807, 2.05) is 17.7 Å². The molecule has 2 aromatic carbocycles. The lowest BCUT2D eigenvalue weighted by Gasteiger charge is -2.12. The quantitative estimate of drug-likeness (QED) is 0.496. The minimum Gasteiger partial charge on any atom is -0.378 e. The molecule has 0 atom stereocenters. The number of nitrogens with one attached hydrogen (secondary N) is 1. The minimum absolute atomic E-state index is 0.583. The average molecular weight is 383 g/mol. The summed E-state index contributed by atoms with van der Waals surface area (Å²) in [6.07, 6.45) is 7.30. The molecule has 0 aliphatic heterocycles. The fourth-order valence-corrected chi connectivity index (χ4v) is 3.67. The van der Waals surface area contributed by atoms with E-state index in [9.17, 15) is 0 Å². The summed E-state index contributed by atoms with van der Waals surface area (Å²) in [4.78, 5) is 9.15. The highest BCUT2D eigenvalue weighted by Crippen LogP contribution is 2.32. The molecule has 0 fully saturated rings. The predicted octanol–water partition coefficient (Wildman–Crippen LogP) is 4.01. The second-order valence-electron chi connectivity index (χ2n) is 7.03. The first-order chi connectivity index (χ1) is 14.2. The molecule has 0 saturated carbocycles. The highest BCUT2D eigenvalue weighted by molar-refractivity contribution is 5.97. The third-order valence-corrected chi connectivity index (χ3v) is 5.26. The number of anilines is 1. The molecule has 0 spiro atoms. The van der Waals surface area contributed by atoms with Gasteiger partial charge in [0.15, 0.2) is 5.82 Å². The first-order valence-corrected chi connectivity index (χ1v) is 9.63. The second kappa shape index (κ2) is 7.01. The molecule has 0 aliphatic carbocycles. The van der Waals surface area contributed by atoms with Gasteiger partial charge in [-0.15, -0.1) is 10.2 Å². The number of aromatic nitrogens is 6. The Labute approximate surface area is 168 Å². The van der Waals surface area contributed by atoms with Crippen molar-refractivity contribution in [3.63, 3.8) is 0 Å². The van der Waals surface area contributed by atoms with Gasteiger partial charge in [-0.1, -0.05) is 12.1 Å². The molecule has 0 radical (unpaired) electrons. The molecule has 29 heavy (non-hydrogen) atoms. The number of rotatable bonds is 5. The van der Waals surface area contributed by atoms with E-state index >= 15 is 0 Å². The van der Waals surface area contributed by atoms with Crippen LogP contribution >= 0.6 is 0 Å². The maximum Gasteiger partial charge on any atom is 0.151 e. The van der Waals surface area contributed by atoms with Crippen molar-refractivity contribution in [2.24, 2.45) is 7.05 Å². The molecule has 0 aliphatic rings. The molecule has 0 saturated heterocycles. The van der Waals surface area contributed by atoms with Gasteiger partial charge in [-0.05, 0) is 42.1 Å². The Morgan fingerprint density at radius 1 is 1.03 bits per heavy atom. The molecule has 3 heterocycles. The summed E-state index contributed by atoms with van der Waals surface area (Å²) in [5.41, 5.74) is 6.13. The van der Waals surface area contributed by atoms with E-state index in [1.54, 1.807) is 18.7 Å². The molecule has 0 unspecified atom stereocenters. The average Bonchev–Trinajstić information content (AvgIpc) is 3.36. The van der Waals surface area contributed by atoms with Gasteiger partial charge in [-0.25, -0.2) is 0 Å². The van der Waals surface area contributed by atoms with Crippen LogP contribution in [0.4, 0.5) is 5.69 Å². The Bertz CT molecular complexity index is 1320. The van der Waals surface area contributed by atoms with Crippen molar-refractivity contribution < 1.29 is 0 Å². The van der Waals surface area contributed by atoms with E-state index in [4.69, 9.17) is 0 Å². The van der Waals surface area contributed by atoms with Crippen LogP contribution in [0.2, 0.25) is 0 Å². The lowest BCUT2D eigenvalue weighted by Crippen LogP contribution is -2.06. The van der Waals surface area contributed by atoms with E-state index in [0.717, 1.165) is 40.2 Å². The molecule has 3 aromatic heterocycles. The topological polar surface area (TPSA) is 73.5 Å². The molecule has 1 N–H and O–H groups in total. The number of aryl methyl sites for hydroxylation is 2. The molecule has 144 valence electrons. The Morgan fingerprint density at radius 3 is 2.76 bits per heavy atom. The van der Waals surface area contributed by atoms with Crippen molar-refractivity contribution >= 4 is 27.6 Å². The zero-order valence-corrected chi connectivity index (χ0v) is 16.4. The summed E-state index contributed by atoms with van der Waals surface area (Å²) >= 11 is 0. The van der Waals surface area contributed by atoms with Crippen molar-refractivity contribution in [1.82, 2.24) is 29.3 Å². The van der Waals surface area contributed by atoms with Crippen LogP contribution in [0.25, 0.3) is 33.1 Å². The summed E-state index contributed by atoms with van der Waals surface area (Å²) in [5.74, 6) is 0.869. The molecule has 7 heteroatoms. The van der Waals surface area contributed by atoms with Crippen LogP contribution in [-0.4, -0.2) is 29.3 Å². The highest BCUT2D eigenvalue weighted by Gasteiger charge is 2.11. The summed E-state index contributed by atoms with van der Waals surface area (Å²) < 4.78 is 4.16. The van der Waals surface area contributed by atoms with Gasteiger partial charge in [0, 0.05) is 49.0 Å². The monoisotopic (exact) mass is 383 g/mol. The summed E-state index contributed by atoms with van der Waals surface area (Å²) in [7, 11) is 1.94. The van der Waals surface area contributed by atoms with E-state index < -0.39 is 0 Å². The van der Waals surface area contributed by atoms with Crippen LogP contribution in [0.15, 0.2) is 61.3 Å². The maximum atomic E-state index is 4.61. The van der Waals surface area contributed by atoms with Crippen molar-refractivity contribution in [3.05, 3.63) is 67.1 Å². The molecule has 0 amide bonds. The standard InChI is InChI=1S/C22H21N7/c1-3-29-9-6-15-4-5-16(10-20(15)29)18-11-17(12-19-22(18)24-8-7-23-19)25-13-21-27-26-14-28(21)2/h4-12,14,25H,3,13H2,1-2H3. The molecule has 0 bridgehead atoms. The lowest BCUT2D eigenvalue weighted by molar-refractivity contribution is 0.798. The lowest BCUT2D eigenvalue weighted by atomic mass is 10.0. The van der Waals surface area contributed by atoms with Gasteiger partial charge in [-0.2, -0.15) is 0 Å². The van der Waals surface area contributed by atoms with Crippen LogP contribution in [0, 0.1) is 0 Å². The van der Waals surface area contributed by atoms with E-state index in [2.05, 4.69) is 73.5 Å². The van der Waals surface area contributed by atoms with Crippen LogP contribution in [-0.2, 0) is 20.1 Å². The number of benzene rings is 2. The van der Waals surface area contributed by atoms with Gasteiger partial charge in [0.25, 0.3) is 0 Å². The number of hydrogen-bond donors (Lipinski definition) is 1. The van der Waals surface area contributed by atoms with Gasteiger partial charge in [-0.3, -0.25) is 9.97 Å². The SMILES string of the molecule is CCn1ccc2ccc(-c3cc(NCc4nncn4C)cc4nccnc34)cc21. The van der Waals surface area contributed by atoms with Crippen LogP contribution in [0.5, 0.6) is 0 Å². The van der Waals surface area contributed by atoms with Crippen molar-refractivity contribution in [1.29, 1.82) is 0 Å². The Morgan fingerprint density at radius 2 is 1.93 bits per heavy atom. The number of nitrogens with zero attached hydrogens (tertiary/aromatic N) is 6. The zero-order valence-electron chi connectivity index (χ0n) is 16.4. The van der Waals surface area contributed by atoms with Crippen LogP contribution in [0.3, 0.4) is 0 Å². The minimum atomic E-state index is 0.583. The van der Waals surface area contributed by atoms with Gasteiger partial charge in [0.2, 0.25) is 0 Å². The van der Waals surface area contributed by atoms with E-state index in [-0.39, 0.29) is 0 Å². The zero-order chi connectivity index (χ0) is 19.8. The van der Waals surface area contributed by atoms with Gasteiger partial charge in [0.05, 0.1) is 17.6 Å². The summed E-state index contributed by atoms with van der Waals surface area (Å²) in [6, 6.07) is 12.9. The molecule has 7 nitrogen and oxygen atoms in total. The van der Waals surface area contributed by atoms with Gasteiger partial charge >= 0.3 is 0 Å². The Kier molecular flexibility index (Phi) is 4.20. The van der Waals surface area contributed by atoms with Gasteiger partial charge in [0.1, 0.15) is 6.33 Å². The number of fused-ring (bicyclic) bond motifs is 2. The molecule has 5 aromatic rings. The molecular formula is C22H21N7. The smallest absolute Gasteiger partial charge is 0.151 e. The maximum absolute atomic E-state index is 4.61. The van der Waals surface area contributed by atoms with Crippen LogP contribution in [0.1, 0.15) is 12.7 Å². The highest BCUT2D eigenvalue weighted by atomic mass is 15.3. The predicted molar refractivity (Wildman–Crippen MR) is 114 cm³/mol. The summed E-state index contributed by atoms with van der Waals surface area (Å²) in [5, 5.41) is 12.8. The Balaban J connectivity index is 1.61. The van der Waals surface area contributed by atoms with Crippen molar-refractivity contribution in [2.45, 2.75) is 20.0 Å². The third kappa shape index (κ3) is 3.10. The van der Waals surface area contributed by atoms with Gasteiger partial charge < -0.3 is 14.5 Å². The molecular weight excluding hydrogens is 362 g/mol. The first kappa shape index (κ1) is 17.4. The summed E-state index contributed by atoms with van der Waals surface area (Å²) in [6.45, 7) is 3.68. The first-order valence-electron chi connectivity index (χ1n) is 9.63. The molecule has 5 rings (SSSR count). The fraction of sp³-hybridized carbons (Fsp3) is 0.182. The fourth-order valence-electron chi connectivity index (χ4n) is 3.67. The number of hydrogen-bond acceptors (Lipinski definition) is 5. The third-order valence-electron chi connectivity index (χ3n) is 5.26. The Hall–Kier alpha value is -3.74. The van der Waals surface area contributed by atoms with Crippen LogP contribution < -0.4 is 5.32 Å².